The molecule has 2 heterocycles. The lowest BCUT2D eigenvalue weighted by molar-refractivity contribution is -0.134. The molecule has 1 atom stereocenters. The minimum absolute atomic E-state index is 0.0337. The minimum Gasteiger partial charge on any atom is -0.351 e. The average Bonchev–Trinajstić information content (AvgIpc) is 3.09. The molecule has 138 valence electrons. The average molecular weight is 378 g/mol. The molecule has 7 heteroatoms. The van der Waals surface area contributed by atoms with Crippen molar-refractivity contribution in [1.82, 2.24) is 10.2 Å². The summed E-state index contributed by atoms with van der Waals surface area (Å²) in [6.45, 7) is 2.83. The molecule has 26 heavy (non-hydrogen) atoms. The van der Waals surface area contributed by atoms with Gasteiger partial charge in [0.15, 0.2) is 0 Å². The normalized spacial score (nSPS) is 16.3. The highest BCUT2D eigenvalue weighted by molar-refractivity contribution is 7.10. The van der Waals surface area contributed by atoms with Crippen molar-refractivity contribution in [3.05, 3.63) is 57.3 Å². The second-order valence-electron chi connectivity index (χ2n) is 6.19. The Hall–Kier alpha value is -2.28. The van der Waals surface area contributed by atoms with Crippen LogP contribution in [0.5, 0.6) is 0 Å². The van der Waals surface area contributed by atoms with Crippen LogP contribution in [0.25, 0.3) is 0 Å². The standard InChI is InChI=1S/C19H20F2N2O2S/c1-2-16-14-7-10-26-17(14)6-9-23(16)18(24)5-8-22-19(25)13-4-3-12(20)11-15(13)21/h3-4,7,10-11,16H,2,5-6,8-9H2,1H3,(H,22,25)/t16-/m1/s1. The van der Waals surface area contributed by atoms with E-state index in [4.69, 9.17) is 0 Å². The Balaban J connectivity index is 1.56. The summed E-state index contributed by atoms with van der Waals surface area (Å²) >= 11 is 1.72. The fourth-order valence-electron chi connectivity index (χ4n) is 3.33. The van der Waals surface area contributed by atoms with Crippen molar-refractivity contribution in [2.75, 3.05) is 13.1 Å². The molecular weight excluding hydrogens is 358 g/mol. The zero-order valence-electron chi connectivity index (χ0n) is 14.4. The lowest BCUT2D eigenvalue weighted by Gasteiger charge is -2.35. The zero-order chi connectivity index (χ0) is 18.7. The van der Waals surface area contributed by atoms with Crippen molar-refractivity contribution in [2.45, 2.75) is 32.2 Å². The van der Waals surface area contributed by atoms with Crippen LogP contribution in [-0.4, -0.2) is 29.8 Å². The summed E-state index contributed by atoms with van der Waals surface area (Å²) in [5.41, 5.74) is 0.987. The number of amides is 2. The largest absolute Gasteiger partial charge is 0.351 e. The topological polar surface area (TPSA) is 49.4 Å². The van der Waals surface area contributed by atoms with E-state index in [1.165, 1.54) is 10.4 Å². The summed E-state index contributed by atoms with van der Waals surface area (Å²) < 4.78 is 26.5. The fraction of sp³-hybridized carbons (Fsp3) is 0.368. The van der Waals surface area contributed by atoms with Crippen molar-refractivity contribution in [1.29, 1.82) is 0 Å². The van der Waals surface area contributed by atoms with Gasteiger partial charge in [-0.15, -0.1) is 11.3 Å². The van der Waals surface area contributed by atoms with E-state index in [1.54, 1.807) is 11.3 Å². The van der Waals surface area contributed by atoms with E-state index in [1.807, 2.05) is 4.90 Å². The molecule has 3 rings (SSSR count). The van der Waals surface area contributed by atoms with Crippen LogP contribution in [0.3, 0.4) is 0 Å². The molecule has 0 unspecified atom stereocenters. The fourth-order valence-corrected chi connectivity index (χ4v) is 4.26. The Bertz CT molecular complexity index is 822. The van der Waals surface area contributed by atoms with Gasteiger partial charge in [0, 0.05) is 30.5 Å². The van der Waals surface area contributed by atoms with Gasteiger partial charge in [-0.3, -0.25) is 9.59 Å². The van der Waals surface area contributed by atoms with Gasteiger partial charge in [0.2, 0.25) is 5.91 Å². The van der Waals surface area contributed by atoms with E-state index in [9.17, 15) is 18.4 Å². The van der Waals surface area contributed by atoms with Gasteiger partial charge in [0.05, 0.1) is 11.6 Å². The van der Waals surface area contributed by atoms with Crippen LogP contribution < -0.4 is 5.32 Å². The summed E-state index contributed by atoms with van der Waals surface area (Å²) in [5.74, 6) is -2.34. The van der Waals surface area contributed by atoms with E-state index in [2.05, 4.69) is 23.7 Å². The van der Waals surface area contributed by atoms with Crippen LogP contribution in [0, 0.1) is 11.6 Å². The predicted molar refractivity (Wildman–Crippen MR) is 96.1 cm³/mol. The Kier molecular flexibility index (Phi) is 5.66. The number of nitrogens with zero attached hydrogens (tertiary/aromatic N) is 1. The second-order valence-corrected chi connectivity index (χ2v) is 7.19. The number of benzene rings is 1. The third kappa shape index (κ3) is 3.77. The summed E-state index contributed by atoms with van der Waals surface area (Å²) in [6, 6.07) is 4.94. The first-order valence-electron chi connectivity index (χ1n) is 8.60. The molecule has 0 saturated heterocycles. The molecule has 0 radical (unpaired) electrons. The van der Waals surface area contributed by atoms with Crippen LogP contribution in [0.15, 0.2) is 29.6 Å². The molecule has 0 aliphatic carbocycles. The van der Waals surface area contributed by atoms with Crippen molar-refractivity contribution in [2.24, 2.45) is 0 Å². The van der Waals surface area contributed by atoms with Gasteiger partial charge >= 0.3 is 0 Å². The maximum Gasteiger partial charge on any atom is 0.254 e. The van der Waals surface area contributed by atoms with E-state index >= 15 is 0 Å². The number of hydrogen-bond acceptors (Lipinski definition) is 3. The molecule has 1 N–H and O–H groups in total. The molecule has 0 fully saturated rings. The number of fused-ring (bicyclic) bond motifs is 1. The Morgan fingerprint density at radius 1 is 1.31 bits per heavy atom. The maximum absolute atomic E-state index is 13.6. The van der Waals surface area contributed by atoms with E-state index in [0.29, 0.717) is 12.6 Å². The lowest BCUT2D eigenvalue weighted by atomic mass is 9.97. The molecule has 4 nitrogen and oxygen atoms in total. The molecule has 0 saturated carbocycles. The maximum atomic E-state index is 13.6. The number of carbonyl (C=O) groups excluding carboxylic acids is 2. The van der Waals surface area contributed by atoms with Gasteiger partial charge in [-0.1, -0.05) is 6.92 Å². The number of carbonyl (C=O) groups is 2. The molecule has 1 aromatic heterocycles. The van der Waals surface area contributed by atoms with E-state index in [-0.39, 0.29) is 30.5 Å². The van der Waals surface area contributed by atoms with Crippen molar-refractivity contribution >= 4 is 23.2 Å². The molecule has 0 bridgehead atoms. The first kappa shape index (κ1) is 18.5. The van der Waals surface area contributed by atoms with Gasteiger partial charge in [-0.2, -0.15) is 0 Å². The van der Waals surface area contributed by atoms with Crippen LogP contribution in [0.1, 0.15) is 46.6 Å². The Labute approximate surface area is 154 Å². The smallest absolute Gasteiger partial charge is 0.254 e. The number of rotatable bonds is 5. The molecule has 2 aromatic rings. The minimum atomic E-state index is -0.916. The van der Waals surface area contributed by atoms with E-state index < -0.39 is 17.5 Å². The number of hydrogen-bond donors (Lipinski definition) is 1. The summed E-state index contributed by atoms with van der Waals surface area (Å²) in [7, 11) is 0. The highest BCUT2D eigenvalue weighted by Crippen LogP contribution is 2.35. The molecular formula is C19H20F2N2O2S. The summed E-state index contributed by atoms with van der Waals surface area (Å²) in [4.78, 5) is 27.8. The van der Waals surface area contributed by atoms with E-state index in [0.717, 1.165) is 25.0 Å². The highest BCUT2D eigenvalue weighted by atomic mass is 32.1. The van der Waals surface area contributed by atoms with Crippen molar-refractivity contribution < 1.29 is 18.4 Å². The second kappa shape index (κ2) is 7.95. The number of halogens is 2. The zero-order valence-corrected chi connectivity index (χ0v) is 15.2. The van der Waals surface area contributed by atoms with Gasteiger partial charge < -0.3 is 10.2 Å². The predicted octanol–water partition coefficient (Wildman–Crippen LogP) is 3.68. The van der Waals surface area contributed by atoms with Gasteiger partial charge in [0.25, 0.3) is 5.91 Å². The van der Waals surface area contributed by atoms with Gasteiger partial charge in [-0.05, 0) is 42.0 Å². The van der Waals surface area contributed by atoms with Crippen molar-refractivity contribution in [3.63, 3.8) is 0 Å². The van der Waals surface area contributed by atoms with Gasteiger partial charge in [0.1, 0.15) is 11.6 Å². The van der Waals surface area contributed by atoms with Crippen LogP contribution in [-0.2, 0) is 11.2 Å². The number of thiophene rings is 1. The van der Waals surface area contributed by atoms with Crippen molar-refractivity contribution in [3.8, 4) is 0 Å². The third-order valence-corrected chi connectivity index (χ3v) is 5.60. The molecule has 1 aliphatic rings. The third-order valence-electron chi connectivity index (χ3n) is 4.60. The molecule has 1 aromatic carbocycles. The monoisotopic (exact) mass is 378 g/mol. The Morgan fingerprint density at radius 3 is 2.85 bits per heavy atom. The number of nitrogens with one attached hydrogen (secondary N) is 1. The summed E-state index contributed by atoms with van der Waals surface area (Å²) in [5, 5.41) is 4.58. The van der Waals surface area contributed by atoms with Crippen LogP contribution >= 0.6 is 11.3 Å². The molecule has 0 spiro atoms. The lowest BCUT2D eigenvalue weighted by Crippen LogP contribution is -2.40. The Morgan fingerprint density at radius 2 is 2.12 bits per heavy atom. The van der Waals surface area contributed by atoms with Crippen LogP contribution in [0.2, 0.25) is 0 Å². The SMILES string of the molecule is CC[C@@H]1c2ccsc2CCN1C(=O)CCNC(=O)c1ccc(F)cc1F. The molecule has 1 aliphatic heterocycles. The molecule has 2 amide bonds. The van der Waals surface area contributed by atoms with Crippen LogP contribution in [0.4, 0.5) is 8.78 Å². The first-order valence-corrected chi connectivity index (χ1v) is 9.48. The first-order chi connectivity index (χ1) is 12.5. The van der Waals surface area contributed by atoms with Gasteiger partial charge in [-0.25, -0.2) is 8.78 Å². The quantitative estimate of drug-likeness (QED) is 0.863. The summed E-state index contributed by atoms with van der Waals surface area (Å²) in [6.07, 6.45) is 1.83. The highest BCUT2D eigenvalue weighted by Gasteiger charge is 2.29.